The van der Waals surface area contributed by atoms with Crippen LogP contribution in [0.3, 0.4) is 0 Å². The Bertz CT molecular complexity index is 239. The molecule has 17 heavy (non-hydrogen) atoms. The van der Waals surface area contributed by atoms with Crippen LogP contribution in [0.4, 0.5) is 0 Å². The van der Waals surface area contributed by atoms with Crippen molar-refractivity contribution in [2.45, 2.75) is 64.0 Å². The number of aliphatic hydroxyl groups excluding tert-OH is 1. The molecule has 1 amide bonds. The molecule has 2 unspecified atom stereocenters. The molecule has 1 fully saturated rings. The summed E-state index contributed by atoms with van der Waals surface area (Å²) in [4.78, 5) is 11.8. The van der Waals surface area contributed by atoms with Gasteiger partial charge in [-0.3, -0.25) is 4.79 Å². The van der Waals surface area contributed by atoms with E-state index in [1.807, 2.05) is 13.8 Å². The highest BCUT2D eigenvalue weighted by Gasteiger charge is 2.24. The third-order valence-electron chi connectivity index (χ3n) is 3.60. The van der Waals surface area contributed by atoms with Gasteiger partial charge in [0.25, 0.3) is 0 Å². The molecule has 1 heterocycles. The minimum absolute atomic E-state index is 0.0679. The van der Waals surface area contributed by atoms with Crippen molar-refractivity contribution in [3.63, 3.8) is 0 Å². The molecule has 0 aromatic heterocycles. The van der Waals surface area contributed by atoms with Gasteiger partial charge < -0.3 is 15.2 Å². The van der Waals surface area contributed by atoms with Gasteiger partial charge in [0.15, 0.2) is 0 Å². The summed E-state index contributed by atoms with van der Waals surface area (Å²) in [5, 5.41) is 12.0. The Morgan fingerprint density at radius 3 is 2.88 bits per heavy atom. The second-order valence-electron chi connectivity index (χ2n) is 5.11. The summed E-state index contributed by atoms with van der Waals surface area (Å²) in [5.41, 5.74) is -0.275. The molecule has 2 atom stereocenters. The number of ether oxygens (including phenoxy) is 1. The second-order valence-corrected chi connectivity index (χ2v) is 5.11. The molecule has 0 aliphatic carbocycles. The highest BCUT2D eigenvalue weighted by molar-refractivity contribution is 5.76. The molecule has 0 aromatic carbocycles. The van der Waals surface area contributed by atoms with Gasteiger partial charge in [-0.1, -0.05) is 6.92 Å². The van der Waals surface area contributed by atoms with Gasteiger partial charge in [0.1, 0.15) is 0 Å². The van der Waals surface area contributed by atoms with Crippen LogP contribution in [0.2, 0.25) is 0 Å². The quantitative estimate of drug-likeness (QED) is 0.714. The van der Waals surface area contributed by atoms with Gasteiger partial charge in [-0.05, 0) is 39.0 Å². The van der Waals surface area contributed by atoms with E-state index in [0.717, 1.165) is 32.3 Å². The average molecular weight is 243 g/mol. The molecule has 4 heteroatoms. The number of hydrogen-bond donors (Lipinski definition) is 2. The maximum absolute atomic E-state index is 11.8. The third kappa shape index (κ3) is 5.04. The molecule has 0 saturated carbocycles. The largest absolute Gasteiger partial charge is 0.396 e. The Morgan fingerprint density at radius 2 is 2.35 bits per heavy atom. The van der Waals surface area contributed by atoms with Gasteiger partial charge in [0.05, 0.1) is 6.10 Å². The van der Waals surface area contributed by atoms with Crippen molar-refractivity contribution in [3.05, 3.63) is 0 Å². The fraction of sp³-hybridized carbons (Fsp3) is 0.923. The van der Waals surface area contributed by atoms with Crippen LogP contribution in [0.25, 0.3) is 0 Å². The maximum Gasteiger partial charge on any atom is 0.220 e. The molecule has 1 aliphatic heterocycles. The molecule has 4 nitrogen and oxygen atoms in total. The first-order valence-electron chi connectivity index (χ1n) is 6.63. The number of hydrogen-bond acceptors (Lipinski definition) is 3. The molecule has 1 saturated heterocycles. The first-order valence-corrected chi connectivity index (χ1v) is 6.63. The van der Waals surface area contributed by atoms with Gasteiger partial charge >= 0.3 is 0 Å². The number of nitrogens with one attached hydrogen (secondary N) is 1. The summed E-state index contributed by atoms with van der Waals surface area (Å²) < 4.78 is 5.49. The Labute approximate surface area is 104 Å². The average Bonchev–Trinajstić information content (AvgIpc) is 2.79. The predicted molar refractivity (Wildman–Crippen MR) is 66.7 cm³/mol. The van der Waals surface area contributed by atoms with Gasteiger partial charge in [0, 0.05) is 25.2 Å². The molecule has 100 valence electrons. The zero-order valence-electron chi connectivity index (χ0n) is 11.0. The zero-order valence-corrected chi connectivity index (χ0v) is 11.0. The Kier molecular flexibility index (Phi) is 5.92. The molecular weight excluding hydrogens is 218 g/mol. The summed E-state index contributed by atoms with van der Waals surface area (Å²) in [6, 6.07) is 0. The lowest BCUT2D eigenvalue weighted by molar-refractivity contribution is -0.123. The molecular formula is C13H25NO3. The van der Waals surface area contributed by atoms with Crippen LogP contribution in [0, 0.1) is 0 Å². The van der Waals surface area contributed by atoms with Crippen LogP contribution < -0.4 is 5.32 Å². The second kappa shape index (κ2) is 6.97. The first kappa shape index (κ1) is 14.5. The Balaban J connectivity index is 2.26. The van der Waals surface area contributed by atoms with Crippen molar-refractivity contribution in [1.29, 1.82) is 0 Å². The van der Waals surface area contributed by atoms with Gasteiger partial charge in [-0.15, -0.1) is 0 Å². The van der Waals surface area contributed by atoms with Crippen molar-refractivity contribution < 1.29 is 14.6 Å². The lowest BCUT2D eigenvalue weighted by Crippen LogP contribution is -2.46. The Morgan fingerprint density at radius 1 is 1.59 bits per heavy atom. The monoisotopic (exact) mass is 243 g/mol. The molecule has 1 rings (SSSR count). The van der Waals surface area contributed by atoms with Crippen LogP contribution in [-0.2, 0) is 9.53 Å². The lowest BCUT2D eigenvalue weighted by Gasteiger charge is -2.29. The smallest absolute Gasteiger partial charge is 0.220 e. The van der Waals surface area contributed by atoms with E-state index in [-0.39, 0.29) is 24.2 Å². The van der Waals surface area contributed by atoms with Crippen molar-refractivity contribution >= 4 is 5.91 Å². The fourth-order valence-corrected chi connectivity index (χ4v) is 2.14. The van der Waals surface area contributed by atoms with E-state index in [0.29, 0.717) is 12.8 Å². The topological polar surface area (TPSA) is 58.6 Å². The maximum atomic E-state index is 11.8. The van der Waals surface area contributed by atoms with E-state index < -0.39 is 0 Å². The lowest BCUT2D eigenvalue weighted by atomic mass is 9.94. The van der Waals surface area contributed by atoms with Crippen LogP contribution in [0.5, 0.6) is 0 Å². The third-order valence-corrected chi connectivity index (χ3v) is 3.60. The molecule has 0 radical (unpaired) electrons. The molecule has 0 bridgehead atoms. The summed E-state index contributed by atoms with van der Waals surface area (Å²) in [6.45, 7) is 4.95. The Hall–Kier alpha value is -0.610. The number of carbonyl (C=O) groups is 1. The van der Waals surface area contributed by atoms with Gasteiger partial charge in [-0.25, -0.2) is 0 Å². The molecule has 0 aromatic rings. The first-order chi connectivity index (χ1) is 8.09. The van der Waals surface area contributed by atoms with Gasteiger partial charge in [-0.2, -0.15) is 0 Å². The van der Waals surface area contributed by atoms with E-state index in [9.17, 15) is 4.79 Å². The predicted octanol–water partition coefficient (Wildman–Crippen LogP) is 1.61. The SMILES string of the molecule is CCC(C)(CCO)NC(=O)CCC1CCCO1. The number of rotatable bonds is 7. The number of carbonyl (C=O) groups excluding carboxylic acids is 1. The van der Waals surface area contributed by atoms with Crippen LogP contribution in [0.1, 0.15) is 52.4 Å². The van der Waals surface area contributed by atoms with Crippen LogP contribution >= 0.6 is 0 Å². The molecule has 1 aliphatic rings. The molecule has 2 N–H and O–H groups in total. The minimum atomic E-state index is -0.275. The van der Waals surface area contributed by atoms with E-state index in [1.54, 1.807) is 0 Å². The summed E-state index contributed by atoms with van der Waals surface area (Å²) in [6.07, 6.45) is 5.23. The van der Waals surface area contributed by atoms with Crippen LogP contribution in [-0.4, -0.2) is 35.9 Å². The normalized spacial score (nSPS) is 23.4. The highest BCUT2D eigenvalue weighted by Crippen LogP contribution is 2.18. The minimum Gasteiger partial charge on any atom is -0.396 e. The summed E-state index contributed by atoms with van der Waals surface area (Å²) >= 11 is 0. The standard InChI is InChI=1S/C13H25NO3/c1-3-13(2,8-9-15)14-12(16)7-6-11-5-4-10-17-11/h11,15H,3-10H2,1-2H3,(H,14,16). The van der Waals surface area contributed by atoms with E-state index in [4.69, 9.17) is 9.84 Å². The van der Waals surface area contributed by atoms with Crippen molar-refractivity contribution in [2.24, 2.45) is 0 Å². The highest BCUT2D eigenvalue weighted by atomic mass is 16.5. The summed E-state index contributed by atoms with van der Waals surface area (Å²) in [7, 11) is 0. The summed E-state index contributed by atoms with van der Waals surface area (Å²) in [5.74, 6) is 0.0679. The number of aliphatic hydroxyl groups is 1. The van der Waals surface area contributed by atoms with Gasteiger partial charge in [0.2, 0.25) is 5.91 Å². The zero-order chi connectivity index (χ0) is 12.7. The van der Waals surface area contributed by atoms with Crippen molar-refractivity contribution in [3.8, 4) is 0 Å². The van der Waals surface area contributed by atoms with Crippen LogP contribution in [0.15, 0.2) is 0 Å². The van der Waals surface area contributed by atoms with Crippen molar-refractivity contribution in [1.82, 2.24) is 5.32 Å². The van der Waals surface area contributed by atoms with E-state index in [2.05, 4.69) is 5.32 Å². The van der Waals surface area contributed by atoms with E-state index in [1.165, 1.54) is 0 Å². The molecule has 0 spiro atoms. The number of amides is 1. The van der Waals surface area contributed by atoms with Crippen molar-refractivity contribution in [2.75, 3.05) is 13.2 Å². The van der Waals surface area contributed by atoms with E-state index >= 15 is 0 Å². The fourth-order valence-electron chi connectivity index (χ4n) is 2.14.